The van der Waals surface area contributed by atoms with Gasteiger partial charge in [-0.3, -0.25) is 0 Å². The summed E-state index contributed by atoms with van der Waals surface area (Å²) in [4.78, 5) is 21.9. The average molecular weight is 221 g/mol. The summed E-state index contributed by atoms with van der Waals surface area (Å²) < 4.78 is 4.98. The van der Waals surface area contributed by atoms with Crippen molar-refractivity contribution >= 4 is 11.8 Å². The Labute approximate surface area is 94.5 Å². The molecule has 0 aliphatic carbocycles. The van der Waals surface area contributed by atoms with E-state index in [-0.39, 0.29) is 5.97 Å². The largest absolute Gasteiger partial charge is 0.462 e. The van der Waals surface area contributed by atoms with Gasteiger partial charge in [-0.2, -0.15) is 0 Å². The molecule has 1 aromatic rings. The fourth-order valence-electron chi connectivity index (χ4n) is 1.86. The van der Waals surface area contributed by atoms with Crippen LogP contribution in [0.3, 0.4) is 0 Å². The summed E-state index contributed by atoms with van der Waals surface area (Å²) >= 11 is 0. The van der Waals surface area contributed by atoms with Gasteiger partial charge in [0.2, 0.25) is 0 Å². The van der Waals surface area contributed by atoms with Crippen molar-refractivity contribution in [3.05, 3.63) is 18.1 Å². The van der Waals surface area contributed by atoms with Crippen LogP contribution in [0.4, 0.5) is 5.82 Å². The molecule has 86 valence electrons. The van der Waals surface area contributed by atoms with Crippen molar-refractivity contribution in [2.45, 2.75) is 19.8 Å². The number of esters is 1. The number of rotatable bonds is 3. The molecule has 0 radical (unpaired) electrons. The summed E-state index contributed by atoms with van der Waals surface area (Å²) in [6, 6.07) is 0. The normalized spacial score (nSPS) is 15.2. The molecule has 2 rings (SSSR count). The SMILES string of the molecule is CCOC(=O)c1cncnc1N1CCCC1. The van der Waals surface area contributed by atoms with Gasteiger partial charge in [-0.25, -0.2) is 14.8 Å². The first-order valence-electron chi connectivity index (χ1n) is 5.55. The van der Waals surface area contributed by atoms with Gasteiger partial charge in [0, 0.05) is 19.3 Å². The van der Waals surface area contributed by atoms with Gasteiger partial charge in [-0.05, 0) is 19.8 Å². The smallest absolute Gasteiger partial charge is 0.343 e. The first kappa shape index (κ1) is 10.9. The molecule has 0 N–H and O–H groups in total. The molecule has 0 unspecified atom stereocenters. The molecule has 1 aromatic heterocycles. The second-order valence-corrected chi connectivity index (χ2v) is 3.67. The molecule has 16 heavy (non-hydrogen) atoms. The molecule has 0 aromatic carbocycles. The van der Waals surface area contributed by atoms with Gasteiger partial charge in [0.25, 0.3) is 0 Å². The van der Waals surface area contributed by atoms with Crippen molar-refractivity contribution in [3.63, 3.8) is 0 Å². The predicted molar refractivity (Wildman–Crippen MR) is 59.4 cm³/mol. The van der Waals surface area contributed by atoms with Gasteiger partial charge >= 0.3 is 5.97 Å². The number of carbonyl (C=O) groups is 1. The monoisotopic (exact) mass is 221 g/mol. The average Bonchev–Trinajstić information content (AvgIpc) is 2.83. The van der Waals surface area contributed by atoms with Gasteiger partial charge in [0.15, 0.2) is 0 Å². The van der Waals surface area contributed by atoms with E-state index in [0.717, 1.165) is 25.9 Å². The highest BCUT2D eigenvalue weighted by molar-refractivity contribution is 5.94. The van der Waals surface area contributed by atoms with Gasteiger partial charge in [0.1, 0.15) is 17.7 Å². The molecular weight excluding hydrogens is 206 g/mol. The summed E-state index contributed by atoms with van der Waals surface area (Å²) in [6.45, 7) is 4.05. The minimum atomic E-state index is -0.343. The Bertz CT molecular complexity index is 375. The van der Waals surface area contributed by atoms with Crippen molar-refractivity contribution < 1.29 is 9.53 Å². The van der Waals surface area contributed by atoms with Gasteiger partial charge in [-0.1, -0.05) is 0 Å². The highest BCUT2D eigenvalue weighted by Crippen LogP contribution is 2.21. The molecule has 5 heteroatoms. The van der Waals surface area contributed by atoms with Crippen LogP contribution < -0.4 is 4.90 Å². The van der Waals surface area contributed by atoms with E-state index in [9.17, 15) is 4.79 Å². The number of nitrogens with zero attached hydrogens (tertiary/aromatic N) is 3. The van der Waals surface area contributed by atoms with Crippen LogP contribution in [-0.4, -0.2) is 35.6 Å². The van der Waals surface area contributed by atoms with Crippen LogP contribution >= 0.6 is 0 Å². The van der Waals surface area contributed by atoms with Crippen molar-refractivity contribution in [3.8, 4) is 0 Å². The first-order chi connectivity index (χ1) is 7.83. The number of hydrogen-bond donors (Lipinski definition) is 0. The van der Waals surface area contributed by atoms with Crippen LogP contribution in [-0.2, 0) is 4.74 Å². The lowest BCUT2D eigenvalue weighted by molar-refractivity contribution is 0.0526. The summed E-state index contributed by atoms with van der Waals surface area (Å²) in [5.41, 5.74) is 0.464. The number of ether oxygens (including phenoxy) is 1. The van der Waals surface area contributed by atoms with Crippen molar-refractivity contribution in [2.24, 2.45) is 0 Å². The zero-order valence-electron chi connectivity index (χ0n) is 9.35. The number of anilines is 1. The molecule has 0 atom stereocenters. The van der Waals surface area contributed by atoms with E-state index in [1.54, 1.807) is 6.92 Å². The lowest BCUT2D eigenvalue weighted by Gasteiger charge is -2.18. The summed E-state index contributed by atoms with van der Waals surface area (Å²) in [7, 11) is 0. The Hall–Kier alpha value is -1.65. The second kappa shape index (κ2) is 4.92. The Morgan fingerprint density at radius 2 is 2.25 bits per heavy atom. The van der Waals surface area contributed by atoms with Crippen LogP contribution in [0.25, 0.3) is 0 Å². The van der Waals surface area contributed by atoms with E-state index in [1.165, 1.54) is 12.5 Å². The third kappa shape index (κ3) is 2.13. The Morgan fingerprint density at radius 3 is 2.94 bits per heavy atom. The fraction of sp³-hybridized carbons (Fsp3) is 0.545. The molecular formula is C11H15N3O2. The maximum absolute atomic E-state index is 11.7. The van der Waals surface area contributed by atoms with Crippen LogP contribution in [0.5, 0.6) is 0 Å². The van der Waals surface area contributed by atoms with E-state index in [4.69, 9.17) is 4.74 Å². The molecule has 0 spiro atoms. The van der Waals surface area contributed by atoms with Crippen LogP contribution in [0.2, 0.25) is 0 Å². The predicted octanol–water partition coefficient (Wildman–Crippen LogP) is 1.25. The highest BCUT2D eigenvalue weighted by atomic mass is 16.5. The zero-order chi connectivity index (χ0) is 11.4. The Kier molecular flexibility index (Phi) is 3.34. The molecule has 1 aliphatic heterocycles. The lowest BCUT2D eigenvalue weighted by Crippen LogP contribution is -2.23. The van der Waals surface area contributed by atoms with E-state index >= 15 is 0 Å². The third-order valence-corrected chi connectivity index (χ3v) is 2.59. The quantitative estimate of drug-likeness (QED) is 0.719. The molecule has 5 nitrogen and oxygen atoms in total. The summed E-state index contributed by atoms with van der Waals surface area (Å²) in [6.07, 6.45) is 5.29. The second-order valence-electron chi connectivity index (χ2n) is 3.67. The molecule has 0 bridgehead atoms. The first-order valence-corrected chi connectivity index (χ1v) is 5.55. The molecule has 2 heterocycles. The zero-order valence-corrected chi connectivity index (χ0v) is 9.35. The minimum Gasteiger partial charge on any atom is -0.462 e. The van der Waals surface area contributed by atoms with Crippen LogP contribution in [0.15, 0.2) is 12.5 Å². The molecule has 1 saturated heterocycles. The van der Waals surface area contributed by atoms with E-state index in [1.807, 2.05) is 0 Å². The van der Waals surface area contributed by atoms with Crippen LogP contribution in [0.1, 0.15) is 30.1 Å². The van der Waals surface area contributed by atoms with E-state index in [0.29, 0.717) is 18.0 Å². The van der Waals surface area contributed by atoms with Crippen molar-refractivity contribution in [2.75, 3.05) is 24.6 Å². The summed E-state index contributed by atoms with van der Waals surface area (Å²) in [5.74, 6) is 0.357. The lowest BCUT2D eigenvalue weighted by atomic mass is 10.3. The van der Waals surface area contributed by atoms with Crippen molar-refractivity contribution in [1.82, 2.24) is 9.97 Å². The topological polar surface area (TPSA) is 55.3 Å². The minimum absolute atomic E-state index is 0.343. The number of carbonyl (C=O) groups excluding carboxylic acids is 1. The van der Waals surface area contributed by atoms with Gasteiger partial charge in [0.05, 0.1) is 6.61 Å². The third-order valence-electron chi connectivity index (χ3n) is 2.59. The van der Waals surface area contributed by atoms with Crippen LogP contribution in [0, 0.1) is 0 Å². The molecule has 1 fully saturated rings. The van der Waals surface area contributed by atoms with E-state index in [2.05, 4.69) is 14.9 Å². The standard InChI is InChI=1S/C11H15N3O2/c1-2-16-11(15)9-7-12-8-13-10(9)14-5-3-4-6-14/h7-8H,2-6H2,1H3. The Morgan fingerprint density at radius 1 is 1.50 bits per heavy atom. The molecule has 1 aliphatic rings. The maximum atomic E-state index is 11.7. The van der Waals surface area contributed by atoms with Gasteiger partial charge in [-0.15, -0.1) is 0 Å². The van der Waals surface area contributed by atoms with Crippen molar-refractivity contribution in [1.29, 1.82) is 0 Å². The number of hydrogen-bond acceptors (Lipinski definition) is 5. The maximum Gasteiger partial charge on any atom is 0.343 e. The molecule has 0 amide bonds. The fourth-order valence-corrected chi connectivity index (χ4v) is 1.86. The highest BCUT2D eigenvalue weighted by Gasteiger charge is 2.21. The number of aromatic nitrogens is 2. The molecule has 0 saturated carbocycles. The van der Waals surface area contributed by atoms with Gasteiger partial charge < -0.3 is 9.64 Å². The summed E-state index contributed by atoms with van der Waals surface area (Å²) in [5, 5.41) is 0. The Balaban J connectivity index is 2.26. The van der Waals surface area contributed by atoms with E-state index < -0.39 is 0 Å².